The van der Waals surface area contributed by atoms with E-state index in [1.807, 2.05) is 45.0 Å². The standard InChI is InChI=1S/C24H34N2O4S/c1-24(2,3)30-23(28)26-21(15-31-14-19-12-17-5-8-18(19)11-17)22(27)25-13-16-6-9-20(29-4)10-7-16/h5-10,17-19,21H,11-15H2,1-4H3,(H,25,27)(H,26,28)/t17-,18-,19-,21+/m1/s1. The van der Waals surface area contributed by atoms with Gasteiger partial charge in [-0.1, -0.05) is 24.3 Å². The SMILES string of the molecule is COc1ccc(CNC(=O)[C@H](CSC[C@H]2C[C@@H]3C=C[C@@H]2C3)NC(=O)OC(C)(C)C)cc1. The summed E-state index contributed by atoms with van der Waals surface area (Å²) in [6.45, 7) is 5.81. The summed E-state index contributed by atoms with van der Waals surface area (Å²) in [6, 6.07) is 6.89. The van der Waals surface area contributed by atoms with E-state index in [1.54, 1.807) is 18.9 Å². The van der Waals surface area contributed by atoms with Gasteiger partial charge in [-0.05, 0) is 74.8 Å². The number of fused-ring (bicyclic) bond motifs is 2. The normalized spacial score (nSPS) is 22.8. The number of benzene rings is 1. The molecule has 170 valence electrons. The number of methoxy groups -OCH3 is 1. The summed E-state index contributed by atoms with van der Waals surface area (Å²) in [6.07, 6.45) is 6.62. The van der Waals surface area contributed by atoms with Gasteiger partial charge in [-0.2, -0.15) is 11.8 Å². The van der Waals surface area contributed by atoms with E-state index in [0.29, 0.717) is 24.1 Å². The van der Waals surface area contributed by atoms with E-state index in [0.717, 1.165) is 23.0 Å². The second-order valence-corrected chi connectivity index (χ2v) is 10.4. The number of amides is 2. The van der Waals surface area contributed by atoms with Crippen molar-refractivity contribution in [3.05, 3.63) is 42.0 Å². The van der Waals surface area contributed by atoms with E-state index in [1.165, 1.54) is 12.8 Å². The van der Waals surface area contributed by atoms with Crippen LogP contribution in [0, 0.1) is 17.8 Å². The lowest BCUT2D eigenvalue weighted by Gasteiger charge is -2.24. The number of nitrogens with one attached hydrogen (secondary N) is 2. The van der Waals surface area contributed by atoms with Crippen LogP contribution in [0.5, 0.6) is 5.75 Å². The summed E-state index contributed by atoms with van der Waals surface area (Å²) in [4.78, 5) is 25.2. The Kier molecular flexibility index (Phi) is 7.92. The third-order valence-corrected chi connectivity index (χ3v) is 6.90. The minimum atomic E-state index is -0.646. The molecule has 4 atom stereocenters. The fraction of sp³-hybridized carbons (Fsp3) is 0.583. The maximum Gasteiger partial charge on any atom is 0.408 e. The number of hydrogen-bond acceptors (Lipinski definition) is 5. The van der Waals surface area contributed by atoms with Crippen LogP contribution < -0.4 is 15.4 Å². The van der Waals surface area contributed by atoms with Crippen LogP contribution in [-0.2, 0) is 16.1 Å². The summed E-state index contributed by atoms with van der Waals surface area (Å²) >= 11 is 1.73. The van der Waals surface area contributed by atoms with E-state index >= 15 is 0 Å². The molecule has 7 heteroatoms. The van der Waals surface area contributed by atoms with Gasteiger partial charge in [-0.25, -0.2) is 4.79 Å². The quantitative estimate of drug-likeness (QED) is 0.557. The Labute approximate surface area is 189 Å². The van der Waals surface area contributed by atoms with Crippen LogP contribution in [0.3, 0.4) is 0 Å². The molecule has 2 aliphatic carbocycles. The number of ether oxygens (including phenoxy) is 2. The fourth-order valence-electron chi connectivity index (χ4n) is 4.11. The molecule has 0 aliphatic heterocycles. The van der Waals surface area contributed by atoms with Crippen molar-refractivity contribution in [2.24, 2.45) is 17.8 Å². The highest BCUT2D eigenvalue weighted by Gasteiger charge is 2.35. The van der Waals surface area contributed by atoms with E-state index < -0.39 is 17.7 Å². The van der Waals surface area contributed by atoms with Crippen molar-refractivity contribution < 1.29 is 19.1 Å². The van der Waals surface area contributed by atoms with Gasteiger partial charge in [0, 0.05) is 12.3 Å². The third-order valence-electron chi connectivity index (χ3n) is 5.67. The van der Waals surface area contributed by atoms with E-state index in [9.17, 15) is 9.59 Å². The Morgan fingerprint density at radius 3 is 2.48 bits per heavy atom. The van der Waals surface area contributed by atoms with E-state index in [4.69, 9.17) is 9.47 Å². The predicted molar refractivity (Wildman–Crippen MR) is 124 cm³/mol. The highest BCUT2D eigenvalue weighted by atomic mass is 32.2. The molecule has 1 fully saturated rings. The molecule has 0 aromatic heterocycles. The minimum absolute atomic E-state index is 0.206. The molecule has 0 heterocycles. The van der Waals surface area contributed by atoms with Gasteiger partial charge in [-0.3, -0.25) is 4.79 Å². The van der Waals surface area contributed by atoms with Gasteiger partial charge in [0.05, 0.1) is 7.11 Å². The van der Waals surface area contributed by atoms with Crippen molar-refractivity contribution in [3.63, 3.8) is 0 Å². The summed E-state index contributed by atoms with van der Waals surface area (Å²) in [7, 11) is 1.62. The molecular formula is C24H34N2O4S. The Hall–Kier alpha value is -2.15. The van der Waals surface area contributed by atoms with Crippen molar-refractivity contribution in [2.75, 3.05) is 18.6 Å². The first-order valence-corrected chi connectivity index (χ1v) is 12.0. The number of allylic oxidation sites excluding steroid dienone is 2. The minimum Gasteiger partial charge on any atom is -0.497 e. The van der Waals surface area contributed by atoms with Gasteiger partial charge in [0.15, 0.2) is 0 Å². The molecule has 2 amide bonds. The highest BCUT2D eigenvalue weighted by Crippen LogP contribution is 2.44. The van der Waals surface area contributed by atoms with Crippen LogP contribution in [0.1, 0.15) is 39.2 Å². The Morgan fingerprint density at radius 1 is 1.16 bits per heavy atom. The number of thioether (sulfide) groups is 1. The smallest absolute Gasteiger partial charge is 0.408 e. The van der Waals surface area contributed by atoms with Crippen LogP contribution in [-0.4, -0.2) is 42.3 Å². The van der Waals surface area contributed by atoms with Crippen molar-refractivity contribution in [2.45, 2.75) is 51.8 Å². The Bertz CT molecular complexity index is 788. The largest absolute Gasteiger partial charge is 0.497 e. The van der Waals surface area contributed by atoms with E-state index in [2.05, 4.69) is 22.8 Å². The topological polar surface area (TPSA) is 76.7 Å². The third kappa shape index (κ3) is 7.20. The lowest BCUT2D eigenvalue weighted by molar-refractivity contribution is -0.122. The van der Waals surface area contributed by atoms with Crippen molar-refractivity contribution in [3.8, 4) is 5.75 Å². The first-order chi connectivity index (χ1) is 14.7. The molecular weight excluding hydrogens is 412 g/mol. The molecule has 1 aromatic carbocycles. The van der Waals surface area contributed by atoms with Crippen LogP contribution >= 0.6 is 11.8 Å². The van der Waals surface area contributed by atoms with Gasteiger partial charge in [0.25, 0.3) is 0 Å². The fourth-order valence-corrected chi connectivity index (χ4v) is 5.40. The highest BCUT2D eigenvalue weighted by molar-refractivity contribution is 7.99. The molecule has 2 aliphatic rings. The average molecular weight is 447 g/mol. The van der Waals surface area contributed by atoms with Crippen LogP contribution in [0.15, 0.2) is 36.4 Å². The second-order valence-electron chi connectivity index (χ2n) is 9.34. The summed E-state index contributed by atoms with van der Waals surface area (Å²) < 4.78 is 10.5. The Balaban J connectivity index is 1.53. The van der Waals surface area contributed by atoms with Crippen molar-refractivity contribution in [1.29, 1.82) is 0 Å². The molecule has 1 saturated carbocycles. The molecule has 0 radical (unpaired) electrons. The van der Waals surface area contributed by atoms with Gasteiger partial charge in [0.1, 0.15) is 17.4 Å². The lowest BCUT2D eigenvalue weighted by atomic mass is 9.96. The van der Waals surface area contributed by atoms with Gasteiger partial charge < -0.3 is 20.1 Å². The second kappa shape index (κ2) is 10.4. The number of carbonyl (C=O) groups is 2. The molecule has 1 aromatic rings. The molecule has 31 heavy (non-hydrogen) atoms. The van der Waals surface area contributed by atoms with Crippen molar-refractivity contribution >= 4 is 23.8 Å². The van der Waals surface area contributed by atoms with Crippen LogP contribution in [0.2, 0.25) is 0 Å². The molecule has 6 nitrogen and oxygen atoms in total. The first kappa shape index (κ1) is 23.5. The summed E-state index contributed by atoms with van der Waals surface area (Å²) in [5.41, 5.74) is 0.350. The van der Waals surface area contributed by atoms with Crippen LogP contribution in [0.4, 0.5) is 4.79 Å². The lowest BCUT2D eigenvalue weighted by Crippen LogP contribution is -2.49. The molecule has 0 unspecified atom stereocenters. The zero-order chi connectivity index (χ0) is 22.4. The summed E-state index contributed by atoms with van der Waals surface area (Å²) in [5.74, 6) is 4.17. The monoisotopic (exact) mass is 446 g/mol. The number of alkyl carbamates (subject to hydrolysis) is 1. The van der Waals surface area contributed by atoms with Gasteiger partial charge >= 0.3 is 6.09 Å². The molecule has 2 N–H and O–H groups in total. The molecule has 0 saturated heterocycles. The maximum atomic E-state index is 12.9. The van der Waals surface area contributed by atoms with Crippen molar-refractivity contribution in [1.82, 2.24) is 10.6 Å². The van der Waals surface area contributed by atoms with Crippen LogP contribution in [0.25, 0.3) is 0 Å². The zero-order valence-corrected chi connectivity index (χ0v) is 19.7. The molecule has 0 spiro atoms. The maximum absolute atomic E-state index is 12.9. The molecule has 3 rings (SSSR count). The van der Waals surface area contributed by atoms with E-state index in [-0.39, 0.29) is 5.91 Å². The number of hydrogen-bond donors (Lipinski definition) is 2. The number of rotatable bonds is 9. The molecule has 2 bridgehead atoms. The summed E-state index contributed by atoms with van der Waals surface area (Å²) in [5, 5.41) is 5.69. The van der Waals surface area contributed by atoms with Gasteiger partial charge in [-0.15, -0.1) is 0 Å². The average Bonchev–Trinajstić information content (AvgIpc) is 3.33. The Morgan fingerprint density at radius 2 is 1.90 bits per heavy atom. The zero-order valence-electron chi connectivity index (χ0n) is 18.9. The van der Waals surface area contributed by atoms with Gasteiger partial charge in [0.2, 0.25) is 5.91 Å². The first-order valence-electron chi connectivity index (χ1n) is 10.9. The number of carbonyl (C=O) groups excluding carboxylic acids is 2. The predicted octanol–water partition coefficient (Wildman–Crippen LogP) is 4.15.